The maximum absolute atomic E-state index is 12.2. The van der Waals surface area contributed by atoms with Gasteiger partial charge in [0, 0.05) is 16.2 Å². The van der Waals surface area contributed by atoms with E-state index in [2.05, 4.69) is 4.99 Å². The molecule has 9 heteroatoms. The summed E-state index contributed by atoms with van der Waals surface area (Å²) >= 11 is 7.51. The third-order valence-corrected chi connectivity index (χ3v) is 8.04. The molecule has 2 saturated heterocycles. The van der Waals surface area contributed by atoms with Gasteiger partial charge in [-0.3, -0.25) is 4.79 Å². The molecule has 0 N–H and O–H groups in total. The van der Waals surface area contributed by atoms with Crippen molar-refractivity contribution in [1.29, 1.82) is 0 Å². The number of sulfone groups is 1. The van der Waals surface area contributed by atoms with Crippen LogP contribution in [-0.4, -0.2) is 49.4 Å². The van der Waals surface area contributed by atoms with E-state index in [0.29, 0.717) is 21.6 Å². The van der Waals surface area contributed by atoms with Crippen molar-refractivity contribution in [1.82, 2.24) is 0 Å². The average molecular weight is 401 g/mol. The lowest BCUT2D eigenvalue weighted by molar-refractivity contribution is -0.118. The van der Waals surface area contributed by atoms with Crippen molar-refractivity contribution in [2.45, 2.75) is 24.1 Å². The number of hydrogen-bond acceptors (Lipinski definition) is 5. The summed E-state index contributed by atoms with van der Waals surface area (Å²) in [4.78, 5) is 18.3. The summed E-state index contributed by atoms with van der Waals surface area (Å²) in [6, 6.07) is 4.90. The zero-order chi connectivity index (χ0) is 17.8. The molecule has 2 heterocycles. The smallest absolute Gasteiger partial charge is 0.251 e. The predicted octanol–water partition coefficient (Wildman–Crippen LogP) is 2.36. The number of aliphatic imine (C=N–C) groups is 1. The number of ether oxygens (including phenoxy) is 1. The number of anilines is 1. The molecule has 2 atom stereocenters. The quantitative estimate of drug-likeness (QED) is 0.775. The summed E-state index contributed by atoms with van der Waals surface area (Å²) in [6.45, 7) is 0. The van der Waals surface area contributed by atoms with Crippen molar-refractivity contribution >= 4 is 50.0 Å². The number of rotatable bonds is 3. The average Bonchev–Trinajstić information content (AvgIpc) is 3.28. The van der Waals surface area contributed by atoms with E-state index in [9.17, 15) is 13.2 Å². The maximum atomic E-state index is 12.2. The molecule has 4 rings (SSSR count). The van der Waals surface area contributed by atoms with Crippen molar-refractivity contribution in [2.75, 3.05) is 23.5 Å². The van der Waals surface area contributed by atoms with Crippen LogP contribution in [0.5, 0.6) is 5.75 Å². The number of benzene rings is 1. The standard InChI is InChI=1S/C16H17ClN2O4S2/c1-23-13-5-4-10(17)6-11(13)19-12-7-25(21,22)8-14(12)24-16(19)18-15(20)9-2-3-9/h4-6,9,12,14H,2-3,7-8H2,1H3/t12-,14+/m1/s1. The first-order valence-corrected chi connectivity index (χ1v) is 11.1. The molecule has 6 nitrogen and oxygen atoms in total. The van der Waals surface area contributed by atoms with E-state index in [4.69, 9.17) is 16.3 Å². The van der Waals surface area contributed by atoms with E-state index in [1.165, 1.54) is 11.8 Å². The lowest BCUT2D eigenvalue weighted by Gasteiger charge is -2.26. The number of thioether (sulfide) groups is 1. The van der Waals surface area contributed by atoms with E-state index >= 15 is 0 Å². The molecule has 3 fully saturated rings. The van der Waals surface area contributed by atoms with Crippen molar-refractivity contribution < 1.29 is 17.9 Å². The molecule has 25 heavy (non-hydrogen) atoms. The lowest BCUT2D eigenvalue weighted by Crippen LogP contribution is -2.38. The largest absolute Gasteiger partial charge is 0.495 e. The second kappa shape index (κ2) is 6.17. The Labute approximate surface area is 155 Å². The summed E-state index contributed by atoms with van der Waals surface area (Å²) in [5.41, 5.74) is 0.648. The number of amides is 1. The van der Waals surface area contributed by atoms with Crippen molar-refractivity contribution in [2.24, 2.45) is 10.9 Å². The van der Waals surface area contributed by atoms with Gasteiger partial charge >= 0.3 is 0 Å². The van der Waals surface area contributed by atoms with Crippen LogP contribution >= 0.6 is 23.4 Å². The lowest BCUT2D eigenvalue weighted by atomic mass is 10.2. The number of hydrogen-bond donors (Lipinski definition) is 0. The first kappa shape index (κ1) is 17.2. The molecule has 0 unspecified atom stereocenters. The van der Waals surface area contributed by atoms with Gasteiger partial charge in [0.05, 0.1) is 30.3 Å². The first-order valence-electron chi connectivity index (χ1n) is 8.00. The van der Waals surface area contributed by atoms with Gasteiger partial charge in [0.15, 0.2) is 15.0 Å². The first-order chi connectivity index (χ1) is 11.9. The van der Waals surface area contributed by atoms with Crippen LogP contribution in [0.4, 0.5) is 5.69 Å². The van der Waals surface area contributed by atoms with E-state index in [0.717, 1.165) is 12.8 Å². The van der Waals surface area contributed by atoms with Gasteiger partial charge in [-0.05, 0) is 31.0 Å². The van der Waals surface area contributed by atoms with Gasteiger partial charge in [0.25, 0.3) is 5.91 Å². The third kappa shape index (κ3) is 3.27. The van der Waals surface area contributed by atoms with Gasteiger partial charge in [0.2, 0.25) is 0 Å². The van der Waals surface area contributed by atoms with Gasteiger partial charge < -0.3 is 9.64 Å². The molecule has 3 aliphatic rings. The zero-order valence-corrected chi connectivity index (χ0v) is 15.9. The van der Waals surface area contributed by atoms with Crippen LogP contribution in [0.15, 0.2) is 23.2 Å². The number of amidine groups is 1. The minimum absolute atomic E-state index is 0.0142. The molecule has 0 radical (unpaired) electrons. The molecule has 1 aromatic rings. The number of methoxy groups -OCH3 is 1. The normalized spacial score (nSPS) is 29.0. The number of carbonyl (C=O) groups is 1. The van der Waals surface area contributed by atoms with E-state index in [1.54, 1.807) is 25.3 Å². The number of halogens is 1. The number of fused-ring (bicyclic) bond motifs is 1. The molecular formula is C16H17ClN2O4S2. The molecule has 1 saturated carbocycles. The zero-order valence-electron chi connectivity index (χ0n) is 13.5. The van der Waals surface area contributed by atoms with Gasteiger partial charge in [-0.1, -0.05) is 23.4 Å². The highest BCUT2D eigenvalue weighted by Crippen LogP contribution is 2.45. The Morgan fingerprint density at radius 3 is 2.80 bits per heavy atom. The number of carbonyl (C=O) groups excluding carboxylic acids is 1. The summed E-state index contributed by atoms with van der Waals surface area (Å²) in [7, 11) is -1.56. The van der Waals surface area contributed by atoms with Crippen LogP contribution in [-0.2, 0) is 14.6 Å². The fourth-order valence-corrected chi connectivity index (χ4v) is 7.29. The Bertz CT molecular complexity index is 867. The van der Waals surface area contributed by atoms with Crippen molar-refractivity contribution in [3.8, 4) is 5.75 Å². The van der Waals surface area contributed by atoms with Crippen LogP contribution in [0.3, 0.4) is 0 Å². The summed E-state index contributed by atoms with van der Waals surface area (Å²) in [5.74, 6) is 0.591. The molecular weight excluding hydrogens is 384 g/mol. The van der Waals surface area contributed by atoms with Gasteiger partial charge in [-0.2, -0.15) is 4.99 Å². The van der Waals surface area contributed by atoms with Crippen LogP contribution in [0.2, 0.25) is 5.02 Å². The SMILES string of the molecule is COc1ccc(Cl)cc1N1C(=NC(=O)C2CC2)S[C@H]2CS(=O)(=O)C[C@H]21. The van der Waals surface area contributed by atoms with E-state index < -0.39 is 9.84 Å². The summed E-state index contributed by atoms with van der Waals surface area (Å²) in [5, 5.41) is 0.916. The van der Waals surface area contributed by atoms with E-state index in [1.807, 2.05) is 4.90 Å². The maximum Gasteiger partial charge on any atom is 0.251 e. The summed E-state index contributed by atoms with van der Waals surface area (Å²) < 4.78 is 29.6. The van der Waals surface area contributed by atoms with E-state index in [-0.39, 0.29) is 34.6 Å². The van der Waals surface area contributed by atoms with Crippen LogP contribution < -0.4 is 9.64 Å². The minimum Gasteiger partial charge on any atom is -0.495 e. The van der Waals surface area contributed by atoms with Gasteiger partial charge in [0.1, 0.15) is 5.75 Å². The Balaban J connectivity index is 1.78. The van der Waals surface area contributed by atoms with Crippen molar-refractivity contribution in [3.05, 3.63) is 23.2 Å². The Morgan fingerprint density at radius 1 is 1.36 bits per heavy atom. The predicted molar refractivity (Wildman–Crippen MR) is 99.5 cm³/mol. The molecule has 0 bridgehead atoms. The third-order valence-electron chi connectivity index (χ3n) is 4.60. The minimum atomic E-state index is -3.11. The molecule has 0 spiro atoms. The Kier molecular flexibility index (Phi) is 4.24. The topological polar surface area (TPSA) is 76.0 Å². The fourth-order valence-electron chi connectivity index (χ4n) is 3.21. The molecule has 134 valence electrons. The Morgan fingerprint density at radius 2 is 2.12 bits per heavy atom. The highest BCUT2D eigenvalue weighted by atomic mass is 35.5. The second-order valence-electron chi connectivity index (χ2n) is 6.49. The fraction of sp³-hybridized carbons (Fsp3) is 0.500. The summed E-state index contributed by atoms with van der Waals surface area (Å²) in [6.07, 6.45) is 1.75. The van der Waals surface area contributed by atoms with Gasteiger partial charge in [-0.25, -0.2) is 8.42 Å². The van der Waals surface area contributed by atoms with Crippen LogP contribution in [0.25, 0.3) is 0 Å². The highest BCUT2D eigenvalue weighted by Gasteiger charge is 2.50. The van der Waals surface area contributed by atoms with Gasteiger partial charge in [-0.15, -0.1) is 0 Å². The number of nitrogens with zero attached hydrogens (tertiary/aromatic N) is 2. The van der Waals surface area contributed by atoms with Crippen molar-refractivity contribution in [3.63, 3.8) is 0 Å². The van der Waals surface area contributed by atoms with Crippen LogP contribution in [0, 0.1) is 5.92 Å². The molecule has 2 aliphatic heterocycles. The highest BCUT2D eigenvalue weighted by molar-refractivity contribution is 8.16. The molecule has 1 aliphatic carbocycles. The van der Waals surface area contributed by atoms with Crippen LogP contribution in [0.1, 0.15) is 12.8 Å². The molecule has 1 aromatic carbocycles. The molecule has 0 aromatic heterocycles. The molecule has 1 amide bonds. The monoisotopic (exact) mass is 400 g/mol. The second-order valence-corrected chi connectivity index (χ2v) is 10.3. The Hall–Kier alpha value is -1.25.